The summed E-state index contributed by atoms with van der Waals surface area (Å²) < 4.78 is 26.2. The molecule has 10 heteroatoms. The Morgan fingerprint density at radius 3 is 2.38 bits per heavy atom. The van der Waals surface area contributed by atoms with Crippen molar-refractivity contribution in [2.24, 2.45) is 5.10 Å². The van der Waals surface area contributed by atoms with E-state index in [1.165, 1.54) is 26.0 Å². The molecule has 1 heterocycles. The highest BCUT2D eigenvalue weighted by atomic mass is 79.9. The third-order valence-corrected chi connectivity index (χ3v) is 6.95. The molecule has 1 aromatic carbocycles. The van der Waals surface area contributed by atoms with E-state index in [4.69, 9.17) is 0 Å². The predicted octanol–water partition coefficient (Wildman–Crippen LogP) is 1.94. The Morgan fingerprint density at radius 2 is 1.88 bits per heavy atom. The second kappa shape index (κ2) is 6.85. The summed E-state index contributed by atoms with van der Waals surface area (Å²) in [5.74, 6) is -1.08. The molecule has 2 amide bonds. The molecule has 1 unspecified atom stereocenters. The van der Waals surface area contributed by atoms with Crippen molar-refractivity contribution in [3.8, 4) is 0 Å². The van der Waals surface area contributed by atoms with Gasteiger partial charge in [0.25, 0.3) is 0 Å². The van der Waals surface area contributed by atoms with Crippen molar-refractivity contribution < 1.29 is 18.0 Å². The number of halogens is 1. The molecule has 1 N–H and O–H groups in total. The molecule has 2 rings (SSSR count). The molecule has 130 valence electrons. The average Bonchev–Trinajstić information content (AvgIpc) is 2.74. The van der Waals surface area contributed by atoms with E-state index in [-0.39, 0.29) is 21.7 Å². The van der Waals surface area contributed by atoms with Gasteiger partial charge in [0.15, 0.2) is 15.0 Å². The fourth-order valence-electron chi connectivity index (χ4n) is 2.24. The number of hydrazone groups is 1. The highest BCUT2D eigenvalue weighted by Crippen LogP contribution is 2.38. The standard InChI is InChI=1S/C14H16BrN3O4S2/c1-9(19)16-13-17-18(10(2)20)14(3,23-13)8-24(21,22)12-6-4-11(15)5-7-12/h4-7H,8H2,1-3H3,(H,16,17,19). The van der Waals surface area contributed by atoms with Gasteiger partial charge in [-0.05, 0) is 31.2 Å². The lowest BCUT2D eigenvalue weighted by Gasteiger charge is -2.30. The molecule has 0 radical (unpaired) electrons. The zero-order valence-corrected chi connectivity index (χ0v) is 16.5. The number of nitrogens with zero attached hydrogens (tertiary/aromatic N) is 2. The van der Waals surface area contributed by atoms with Crippen LogP contribution in [-0.4, -0.2) is 41.0 Å². The maximum absolute atomic E-state index is 12.7. The zero-order valence-electron chi connectivity index (χ0n) is 13.2. The maximum atomic E-state index is 12.7. The topological polar surface area (TPSA) is 95.9 Å². The highest BCUT2D eigenvalue weighted by Gasteiger charge is 2.45. The minimum Gasteiger partial charge on any atom is -0.304 e. The molecule has 24 heavy (non-hydrogen) atoms. The normalized spacial score (nSPS) is 20.7. The first-order valence-corrected chi connectivity index (χ1v) is 10.1. The van der Waals surface area contributed by atoms with Crippen LogP contribution in [-0.2, 0) is 19.4 Å². The fourth-order valence-corrected chi connectivity index (χ4v) is 5.74. The van der Waals surface area contributed by atoms with Crippen molar-refractivity contribution >= 4 is 54.5 Å². The van der Waals surface area contributed by atoms with E-state index in [0.29, 0.717) is 0 Å². The molecule has 0 aromatic heterocycles. The van der Waals surface area contributed by atoms with E-state index in [9.17, 15) is 18.0 Å². The Bertz CT molecular complexity index is 808. The van der Waals surface area contributed by atoms with Gasteiger partial charge in [0.2, 0.25) is 11.8 Å². The summed E-state index contributed by atoms with van der Waals surface area (Å²) in [5, 5.41) is 7.82. The third kappa shape index (κ3) is 4.17. The lowest BCUT2D eigenvalue weighted by molar-refractivity contribution is -0.131. The molecule has 1 aliphatic rings. The van der Waals surface area contributed by atoms with Gasteiger partial charge < -0.3 is 5.32 Å². The van der Waals surface area contributed by atoms with Crippen LogP contribution in [0.1, 0.15) is 20.8 Å². The summed E-state index contributed by atoms with van der Waals surface area (Å²) in [4.78, 5) is 22.1. The van der Waals surface area contributed by atoms with Crippen molar-refractivity contribution in [1.29, 1.82) is 0 Å². The van der Waals surface area contributed by atoms with Crippen LogP contribution in [0, 0.1) is 0 Å². The summed E-state index contributed by atoms with van der Waals surface area (Å²) in [6.07, 6.45) is 0. The summed E-state index contributed by atoms with van der Waals surface area (Å²) in [7, 11) is -3.66. The fraction of sp³-hybridized carbons (Fsp3) is 0.357. The van der Waals surface area contributed by atoms with E-state index in [2.05, 4.69) is 26.3 Å². The van der Waals surface area contributed by atoms with Gasteiger partial charge in [-0.3, -0.25) is 9.59 Å². The molecular formula is C14H16BrN3O4S2. The average molecular weight is 434 g/mol. The number of amidine groups is 1. The minimum absolute atomic E-state index is 0.156. The van der Waals surface area contributed by atoms with Gasteiger partial charge in [0.05, 0.1) is 10.6 Å². The van der Waals surface area contributed by atoms with Gasteiger partial charge in [-0.1, -0.05) is 27.7 Å². The molecule has 1 aliphatic heterocycles. The van der Waals surface area contributed by atoms with Crippen molar-refractivity contribution in [2.45, 2.75) is 30.5 Å². The second-order valence-electron chi connectivity index (χ2n) is 5.41. The van der Waals surface area contributed by atoms with Crippen LogP contribution in [0.15, 0.2) is 38.7 Å². The van der Waals surface area contributed by atoms with Crippen LogP contribution in [0.25, 0.3) is 0 Å². The summed E-state index contributed by atoms with van der Waals surface area (Å²) >= 11 is 4.30. The Kier molecular flexibility index (Phi) is 5.41. The first kappa shape index (κ1) is 18.9. The van der Waals surface area contributed by atoms with Crippen LogP contribution in [0.3, 0.4) is 0 Å². The van der Waals surface area contributed by atoms with Crippen LogP contribution in [0.5, 0.6) is 0 Å². The van der Waals surface area contributed by atoms with Crippen LogP contribution < -0.4 is 5.32 Å². The highest BCUT2D eigenvalue weighted by molar-refractivity contribution is 9.10. The quantitative estimate of drug-likeness (QED) is 0.785. The summed E-state index contributed by atoms with van der Waals surface area (Å²) in [6, 6.07) is 6.27. The van der Waals surface area contributed by atoms with E-state index < -0.39 is 20.6 Å². The number of amides is 2. The third-order valence-electron chi connectivity index (χ3n) is 3.17. The molecule has 0 spiro atoms. The van der Waals surface area contributed by atoms with Crippen LogP contribution in [0.2, 0.25) is 0 Å². The van der Waals surface area contributed by atoms with Crippen molar-refractivity contribution in [3.63, 3.8) is 0 Å². The van der Waals surface area contributed by atoms with Gasteiger partial charge in [0, 0.05) is 18.3 Å². The number of carbonyl (C=O) groups excluding carboxylic acids is 2. The van der Waals surface area contributed by atoms with Crippen molar-refractivity contribution in [3.05, 3.63) is 28.7 Å². The molecular weight excluding hydrogens is 418 g/mol. The lowest BCUT2D eigenvalue weighted by atomic mass is 10.3. The monoisotopic (exact) mass is 433 g/mol. The first-order valence-electron chi connectivity index (χ1n) is 6.88. The Morgan fingerprint density at radius 1 is 1.29 bits per heavy atom. The van der Waals surface area contributed by atoms with Gasteiger partial charge in [-0.2, -0.15) is 0 Å². The Labute approximate surface area is 152 Å². The number of hydrogen-bond donors (Lipinski definition) is 1. The number of hydrogen-bond acceptors (Lipinski definition) is 6. The summed E-state index contributed by atoms with van der Waals surface area (Å²) in [6.45, 7) is 4.22. The number of sulfone groups is 1. The smallest absolute Gasteiger partial charge is 0.240 e. The van der Waals surface area contributed by atoms with E-state index in [1.54, 1.807) is 19.1 Å². The predicted molar refractivity (Wildman–Crippen MR) is 96.0 cm³/mol. The molecule has 1 atom stereocenters. The van der Waals surface area contributed by atoms with Gasteiger partial charge in [-0.15, -0.1) is 5.10 Å². The van der Waals surface area contributed by atoms with Gasteiger partial charge in [0.1, 0.15) is 4.87 Å². The molecule has 0 saturated heterocycles. The molecule has 0 fully saturated rings. The number of benzene rings is 1. The van der Waals surface area contributed by atoms with Crippen LogP contribution >= 0.6 is 27.7 Å². The van der Waals surface area contributed by atoms with Crippen molar-refractivity contribution in [2.75, 3.05) is 5.75 Å². The Hall–Kier alpha value is -1.39. The van der Waals surface area contributed by atoms with E-state index in [0.717, 1.165) is 21.2 Å². The maximum Gasteiger partial charge on any atom is 0.240 e. The molecule has 1 aromatic rings. The largest absolute Gasteiger partial charge is 0.304 e. The second-order valence-corrected chi connectivity index (χ2v) is 9.78. The summed E-state index contributed by atoms with van der Waals surface area (Å²) in [5.41, 5.74) is 0. The lowest BCUT2D eigenvalue weighted by Crippen LogP contribution is -2.45. The van der Waals surface area contributed by atoms with Gasteiger partial charge in [-0.25, -0.2) is 13.4 Å². The SMILES string of the molecule is CC(=O)NC1=NN(C(C)=O)C(C)(CS(=O)(=O)c2ccc(Br)cc2)S1. The molecule has 0 saturated carbocycles. The van der Waals surface area contributed by atoms with E-state index in [1.807, 2.05) is 0 Å². The molecule has 0 aliphatic carbocycles. The minimum atomic E-state index is -3.66. The van der Waals surface area contributed by atoms with E-state index >= 15 is 0 Å². The number of thioether (sulfide) groups is 1. The number of rotatable bonds is 3. The van der Waals surface area contributed by atoms with Gasteiger partial charge >= 0.3 is 0 Å². The Balaban J connectivity index is 2.30. The zero-order chi connectivity index (χ0) is 18.1. The van der Waals surface area contributed by atoms with Crippen LogP contribution in [0.4, 0.5) is 0 Å². The number of carbonyl (C=O) groups is 2. The number of nitrogens with one attached hydrogen (secondary N) is 1. The van der Waals surface area contributed by atoms with Crippen molar-refractivity contribution in [1.82, 2.24) is 10.3 Å². The first-order chi connectivity index (χ1) is 11.0. The molecule has 7 nitrogen and oxygen atoms in total. The molecule has 0 bridgehead atoms.